The maximum absolute atomic E-state index is 13.5. The Morgan fingerprint density at radius 3 is 2.61 bits per heavy atom. The maximum atomic E-state index is 13.5. The Hall–Kier alpha value is -3.02. The third-order valence-electron chi connectivity index (χ3n) is 5.12. The van der Waals surface area contributed by atoms with Crippen molar-refractivity contribution >= 4 is 23.4 Å². The van der Waals surface area contributed by atoms with Gasteiger partial charge in [-0.1, -0.05) is 73.9 Å². The van der Waals surface area contributed by atoms with Gasteiger partial charge in [0.1, 0.15) is 0 Å². The molecule has 7 nitrogen and oxygen atoms in total. The topological polar surface area (TPSA) is 90.7 Å². The number of hydrazone groups is 1. The third-order valence-corrected chi connectivity index (χ3v) is 5.36. The molecule has 0 fully saturated rings. The zero-order chi connectivity index (χ0) is 22.6. The number of halogens is 1. The molecule has 0 saturated heterocycles. The van der Waals surface area contributed by atoms with E-state index >= 15 is 0 Å². The number of nitrogens with zero attached hydrogens (tertiary/aromatic N) is 5. The molecule has 1 amide bonds. The Morgan fingerprint density at radius 2 is 1.97 bits per heavy atom. The van der Waals surface area contributed by atoms with Gasteiger partial charge < -0.3 is 4.74 Å². The summed E-state index contributed by atoms with van der Waals surface area (Å²) < 4.78 is 6.53. The Kier molecular flexibility index (Phi) is 6.58. The van der Waals surface area contributed by atoms with Gasteiger partial charge in [0, 0.05) is 39.4 Å². The minimum Gasteiger partial charge on any atom is -0.443 e. The lowest BCUT2D eigenvalue weighted by Crippen LogP contribution is -2.49. The van der Waals surface area contributed by atoms with Crippen molar-refractivity contribution in [1.29, 1.82) is 0 Å². The summed E-state index contributed by atoms with van der Waals surface area (Å²) >= 11 is 6.24. The minimum absolute atomic E-state index is 0.171. The molecule has 162 valence electrons. The van der Waals surface area contributed by atoms with Gasteiger partial charge >= 0.3 is 0 Å². The van der Waals surface area contributed by atoms with E-state index < -0.39 is 11.1 Å². The van der Waals surface area contributed by atoms with Gasteiger partial charge in [0.25, 0.3) is 5.91 Å². The molecule has 3 rings (SSSR count). The first-order valence-corrected chi connectivity index (χ1v) is 10.5. The van der Waals surface area contributed by atoms with Crippen LogP contribution in [0.4, 0.5) is 0 Å². The van der Waals surface area contributed by atoms with Crippen molar-refractivity contribution in [3.05, 3.63) is 80.7 Å². The molecule has 0 saturated carbocycles. The largest absolute Gasteiger partial charge is 0.443 e. The summed E-state index contributed by atoms with van der Waals surface area (Å²) in [4.78, 5) is 16.3. The van der Waals surface area contributed by atoms with Crippen LogP contribution in [0.1, 0.15) is 50.3 Å². The highest BCUT2D eigenvalue weighted by Crippen LogP contribution is 2.43. The number of carbonyl (C=O) groups is 1. The van der Waals surface area contributed by atoms with Crippen molar-refractivity contribution in [2.45, 2.75) is 46.3 Å². The second-order valence-electron chi connectivity index (χ2n) is 8.54. The number of aryl methyl sites for hydroxylation is 1. The summed E-state index contributed by atoms with van der Waals surface area (Å²) in [6.45, 7) is 7.78. The number of hydrogen-bond donors (Lipinski definition) is 0. The zero-order valence-corrected chi connectivity index (χ0v) is 18.9. The quantitative estimate of drug-likeness (QED) is 0.233. The van der Waals surface area contributed by atoms with Crippen LogP contribution in [0.3, 0.4) is 0 Å². The molecule has 1 atom stereocenters. The third kappa shape index (κ3) is 4.68. The first kappa shape index (κ1) is 22.7. The van der Waals surface area contributed by atoms with Crippen molar-refractivity contribution in [3.8, 4) is 0 Å². The Morgan fingerprint density at radius 1 is 1.26 bits per heavy atom. The molecule has 1 unspecified atom stereocenters. The van der Waals surface area contributed by atoms with Gasteiger partial charge in [-0.25, -0.2) is 0 Å². The standard InChI is InChI=1S/C23H26ClN5O2/c1-16-11-12-18(24)15-19(16)20-27-29(21(30)22(2,3)4)23(31-20,13-8-14-26-28-25)17-9-6-5-7-10-17/h5-7,9-12,15H,8,13-14H2,1-4H3. The van der Waals surface area contributed by atoms with Crippen LogP contribution in [0.5, 0.6) is 0 Å². The van der Waals surface area contributed by atoms with E-state index in [0.717, 1.165) is 16.7 Å². The number of ether oxygens (including phenoxy) is 1. The summed E-state index contributed by atoms with van der Waals surface area (Å²) in [6, 6.07) is 15.0. The lowest BCUT2D eigenvalue weighted by Gasteiger charge is -2.38. The normalized spacial score (nSPS) is 18.2. The number of hydrogen-bond acceptors (Lipinski definition) is 4. The van der Waals surface area contributed by atoms with Crippen LogP contribution in [-0.4, -0.2) is 23.4 Å². The average Bonchev–Trinajstić information content (AvgIpc) is 3.13. The number of azide groups is 1. The summed E-state index contributed by atoms with van der Waals surface area (Å²) in [7, 11) is 0. The van der Waals surface area contributed by atoms with E-state index in [-0.39, 0.29) is 12.5 Å². The molecular weight excluding hydrogens is 414 g/mol. The lowest BCUT2D eigenvalue weighted by atomic mass is 9.91. The molecule has 0 spiro atoms. The molecule has 2 aromatic rings. The van der Waals surface area contributed by atoms with Gasteiger partial charge in [0.2, 0.25) is 11.6 Å². The van der Waals surface area contributed by atoms with Crippen molar-refractivity contribution < 1.29 is 9.53 Å². The van der Waals surface area contributed by atoms with Gasteiger partial charge in [-0.2, -0.15) is 5.01 Å². The SMILES string of the molecule is Cc1ccc(Cl)cc1C1=NN(C(=O)C(C)(C)C)C(CCCN=[N+]=[N-])(c2ccccc2)O1. The van der Waals surface area contributed by atoms with Gasteiger partial charge in [-0.05, 0) is 36.6 Å². The van der Waals surface area contributed by atoms with Crippen LogP contribution in [-0.2, 0) is 15.3 Å². The smallest absolute Gasteiger partial charge is 0.251 e. The van der Waals surface area contributed by atoms with Gasteiger partial charge in [-0.15, -0.1) is 5.10 Å². The van der Waals surface area contributed by atoms with Crippen LogP contribution in [0.25, 0.3) is 10.4 Å². The molecule has 1 aliphatic heterocycles. The predicted octanol–water partition coefficient (Wildman–Crippen LogP) is 6.16. The van der Waals surface area contributed by atoms with Gasteiger partial charge in [0.05, 0.1) is 0 Å². The Balaban J connectivity index is 2.15. The van der Waals surface area contributed by atoms with E-state index in [1.165, 1.54) is 5.01 Å². The van der Waals surface area contributed by atoms with Crippen LogP contribution >= 0.6 is 11.6 Å². The summed E-state index contributed by atoms with van der Waals surface area (Å²) in [5, 5.41) is 10.3. The molecule has 0 radical (unpaired) electrons. The molecule has 1 aliphatic rings. The van der Waals surface area contributed by atoms with E-state index in [1.54, 1.807) is 12.1 Å². The van der Waals surface area contributed by atoms with Crippen LogP contribution in [0.15, 0.2) is 58.7 Å². The molecule has 0 bridgehead atoms. The van der Waals surface area contributed by atoms with Crippen molar-refractivity contribution in [2.24, 2.45) is 15.6 Å². The Labute approximate surface area is 187 Å². The molecule has 0 N–H and O–H groups in total. The second-order valence-corrected chi connectivity index (χ2v) is 8.98. The molecule has 0 aliphatic carbocycles. The van der Waals surface area contributed by atoms with Crippen LogP contribution in [0, 0.1) is 12.3 Å². The summed E-state index contributed by atoms with van der Waals surface area (Å²) in [6.07, 6.45) is 0.925. The van der Waals surface area contributed by atoms with E-state index in [4.69, 9.17) is 21.9 Å². The number of rotatable bonds is 6. The van der Waals surface area contributed by atoms with Gasteiger partial charge in [-0.3, -0.25) is 4.79 Å². The second kappa shape index (κ2) is 9.00. The van der Waals surface area contributed by atoms with E-state index in [9.17, 15) is 4.79 Å². The van der Waals surface area contributed by atoms with Crippen LogP contribution in [0.2, 0.25) is 5.02 Å². The van der Waals surface area contributed by atoms with Gasteiger partial charge in [0.15, 0.2) is 0 Å². The molecular formula is C23H26ClN5O2. The maximum Gasteiger partial charge on any atom is 0.251 e. The highest BCUT2D eigenvalue weighted by molar-refractivity contribution is 6.31. The molecule has 8 heteroatoms. The fourth-order valence-electron chi connectivity index (χ4n) is 3.47. The van der Waals surface area contributed by atoms with Crippen molar-refractivity contribution in [2.75, 3.05) is 6.54 Å². The summed E-state index contributed by atoms with van der Waals surface area (Å²) in [5.41, 5.74) is 9.29. The predicted molar refractivity (Wildman–Crippen MR) is 121 cm³/mol. The number of benzene rings is 2. The highest BCUT2D eigenvalue weighted by Gasteiger charge is 2.51. The van der Waals surface area contributed by atoms with Crippen LogP contribution < -0.4 is 0 Å². The first-order valence-electron chi connectivity index (χ1n) is 10.1. The minimum atomic E-state index is -1.15. The molecule has 2 aromatic carbocycles. The van der Waals surface area contributed by atoms with Crippen molar-refractivity contribution in [3.63, 3.8) is 0 Å². The molecule has 0 aromatic heterocycles. The fourth-order valence-corrected chi connectivity index (χ4v) is 3.64. The van der Waals surface area contributed by atoms with Crippen molar-refractivity contribution in [1.82, 2.24) is 5.01 Å². The van der Waals surface area contributed by atoms with E-state index in [2.05, 4.69) is 15.1 Å². The highest BCUT2D eigenvalue weighted by atomic mass is 35.5. The monoisotopic (exact) mass is 439 g/mol. The van der Waals surface area contributed by atoms with E-state index in [0.29, 0.717) is 23.8 Å². The average molecular weight is 440 g/mol. The summed E-state index contributed by atoms with van der Waals surface area (Å²) in [5.74, 6) is 0.167. The lowest BCUT2D eigenvalue weighted by molar-refractivity contribution is -0.161. The zero-order valence-electron chi connectivity index (χ0n) is 18.2. The number of amides is 1. The Bertz CT molecular complexity index is 1040. The first-order chi connectivity index (χ1) is 14.7. The molecule has 1 heterocycles. The fraction of sp³-hybridized carbons (Fsp3) is 0.391. The number of carbonyl (C=O) groups excluding carboxylic acids is 1. The van der Waals surface area contributed by atoms with E-state index in [1.807, 2.05) is 64.1 Å². The molecule has 31 heavy (non-hydrogen) atoms.